The van der Waals surface area contributed by atoms with E-state index < -0.39 is 11.7 Å². The lowest BCUT2D eigenvalue weighted by Crippen LogP contribution is -2.31. The summed E-state index contributed by atoms with van der Waals surface area (Å²) in [6.45, 7) is 3.47. The van der Waals surface area contributed by atoms with Gasteiger partial charge in [-0.3, -0.25) is 14.5 Å². The smallest absolute Gasteiger partial charge is 0.303 e. The lowest BCUT2D eigenvalue weighted by Gasteiger charge is -2.26. The lowest BCUT2D eigenvalue weighted by atomic mass is 10.1. The predicted octanol–water partition coefficient (Wildman–Crippen LogP) is 2.54. The summed E-state index contributed by atoms with van der Waals surface area (Å²) in [6, 6.07) is 9.14. The van der Waals surface area contributed by atoms with Crippen LogP contribution in [0, 0.1) is 0 Å². The first kappa shape index (κ1) is 19.1. The van der Waals surface area contributed by atoms with E-state index in [2.05, 4.69) is 32.3 Å². The lowest BCUT2D eigenvalue weighted by molar-refractivity contribution is 0.231. The van der Waals surface area contributed by atoms with Gasteiger partial charge in [-0.25, -0.2) is 14.6 Å². The van der Waals surface area contributed by atoms with Crippen LogP contribution >= 0.6 is 0 Å². The van der Waals surface area contributed by atoms with Crippen LogP contribution in [0.15, 0.2) is 60.0 Å². The zero-order chi connectivity index (χ0) is 20.1. The van der Waals surface area contributed by atoms with Crippen molar-refractivity contribution >= 4 is 11.8 Å². The third-order valence-electron chi connectivity index (χ3n) is 5.16. The standard InChI is InChI=1S/C21H24N6O2/c28-20(26-15-10-22-16-26)23-19-9-14-27(21(29)24-19)18-6-4-17(5-7-18)8-13-25-11-2-1-3-12-25/h4-7,9-10,14-16H,1-3,8,11-13H2,(H,23,24,28,29). The molecule has 3 aromatic rings. The monoisotopic (exact) mass is 392 g/mol. The average molecular weight is 392 g/mol. The minimum absolute atomic E-state index is 0.197. The Morgan fingerprint density at radius 3 is 2.52 bits per heavy atom. The van der Waals surface area contributed by atoms with Crippen molar-refractivity contribution in [2.45, 2.75) is 25.7 Å². The highest BCUT2D eigenvalue weighted by atomic mass is 16.2. The number of carbonyl (C=O) groups excluding carboxylic acids is 1. The summed E-state index contributed by atoms with van der Waals surface area (Å²) in [6.07, 6.45) is 11.0. The van der Waals surface area contributed by atoms with Crippen molar-refractivity contribution in [2.24, 2.45) is 0 Å². The van der Waals surface area contributed by atoms with Gasteiger partial charge < -0.3 is 4.90 Å². The molecule has 1 fully saturated rings. The Hall–Kier alpha value is -3.26. The van der Waals surface area contributed by atoms with E-state index in [-0.39, 0.29) is 5.82 Å². The summed E-state index contributed by atoms with van der Waals surface area (Å²) >= 11 is 0. The van der Waals surface area contributed by atoms with Crippen LogP contribution in [0.5, 0.6) is 0 Å². The van der Waals surface area contributed by atoms with Gasteiger partial charge in [0.15, 0.2) is 0 Å². The highest BCUT2D eigenvalue weighted by molar-refractivity contribution is 5.89. The second kappa shape index (κ2) is 8.83. The number of benzene rings is 1. The Bertz CT molecular complexity index is 1000. The molecular formula is C21H24N6O2. The van der Waals surface area contributed by atoms with Gasteiger partial charge in [-0.05, 0) is 56.1 Å². The number of nitrogens with zero attached hydrogens (tertiary/aromatic N) is 5. The molecule has 3 heterocycles. The van der Waals surface area contributed by atoms with Crippen LogP contribution in [-0.2, 0) is 6.42 Å². The molecule has 1 aromatic carbocycles. The van der Waals surface area contributed by atoms with Gasteiger partial charge in [-0.1, -0.05) is 18.6 Å². The van der Waals surface area contributed by atoms with Gasteiger partial charge >= 0.3 is 11.7 Å². The molecule has 1 aliphatic rings. The summed E-state index contributed by atoms with van der Waals surface area (Å²) in [5.41, 5.74) is 1.55. The number of carbonyl (C=O) groups is 1. The Balaban J connectivity index is 1.40. The van der Waals surface area contributed by atoms with Gasteiger partial charge in [0.25, 0.3) is 0 Å². The van der Waals surface area contributed by atoms with E-state index in [4.69, 9.17) is 0 Å². The van der Waals surface area contributed by atoms with E-state index in [1.165, 1.54) is 65.8 Å². The largest absolute Gasteiger partial charge is 0.354 e. The molecule has 0 atom stereocenters. The fourth-order valence-corrected chi connectivity index (χ4v) is 3.52. The fraction of sp³-hybridized carbons (Fsp3) is 0.333. The molecule has 8 heteroatoms. The van der Waals surface area contributed by atoms with Crippen molar-refractivity contribution in [3.8, 4) is 5.69 Å². The quantitative estimate of drug-likeness (QED) is 0.721. The number of aromatic nitrogens is 4. The molecule has 0 spiro atoms. The van der Waals surface area contributed by atoms with Gasteiger partial charge in [0, 0.05) is 25.1 Å². The van der Waals surface area contributed by atoms with Crippen LogP contribution < -0.4 is 11.0 Å². The van der Waals surface area contributed by atoms with E-state index in [0.717, 1.165) is 18.7 Å². The van der Waals surface area contributed by atoms with E-state index in [1.807, 2.05) is 12.1 Å². The normalized spacial score (nSPS) is 14.6. The molecule has 0 radical (unpaired) electrons. The molecule has 0 unspecified atom stereocenters. The first-order chi connectivity index (χ1) is 14.2. The molecule has 8 nitrogen and oxygen atoms in total. The molecule has 4 rings (SSSR count). The molecule has 1 aliphatic heterocycles. The molecule has 0 saturated carbocycles. The molecule has 1 N–H and O–H groups in total. The minimum Gasteiger partial charge on any atom is -0.303 e. The second-order valence-corrected chi connectivity index (χ2v) is 7.18. The number of hydrogen-bond donors (Lipinski definition) is 1. The van der Waals surface area contributed by atoms with Crippen molar-refractivity contribution in [1.29, 1.82) is 0 Å². The molecule has 1 saturated heterocycles. The number of likely N-dealkylation sites (tertiary alicyclic amines) is 1. The number of piperidine rings is 1. The maximum Gasteiger partial charge on any atom is 0.354 e. The minimum atomic E-state index is -0.450. The first-order valence-corrected chi connectivity index (χ1v) is 9.90. The highest BCUT2D eigenvalue weighted by Crippen LogP contribution is 2.12. The molecule has 0 aliphatic carbocycles. The van der Waals surface area contributed by atoms with Crippen LogP contribution in [0.25, 0.3) is 5.69 Å². The van der Waals surface area contributed by atoms with E-state index in [9.17, 15) is 9.59 Å². The second-order valence-electron chi connectivity index (χ2n) is 7.18. The fourth-order valence-electron chi connectivity index (χ4n) is 3.52. The van der Waals surface area contributed by atoms with Crippen molar-refractivity contribution in [1.82, 2.24) is 24.0 Å². The molecule has 150 valence electrons. The highest BCUT2D eigenvalue weighted by Gasteiger charge is 2.10. The van der Waals surface area contributed by atoms with Gasteiger partial charge in [-0.2, -0.15) is 4.98 Å². The Labute approximate surface area is 168 Å². The van der Waals surface area contributed by atoms with Crippen LogP contribution in [0.2, 0.25) is 0 Å². The van der Waals surface area contributed by atoms with Gasteiger partial charge in [0.1, 0.15) is 12.1 Å². The summed E-state index contributed by atoms with van der Waals surface area (Å²) in [4.78, 5) is 34.7. The molecule has 2 aromatic heterocycles. The number of imidazole rings is 1. The summed E-state index contributed by atoms with van der Waals surface area (Å²) in [7, 11) is 0. The number of hydrogen-bond acceptors (Lipinski definition) is 5. The van der Waals surface area contributed by atoms with Crippen LogP contribution in [-0.4, -0.2) is 49.7 Å². The summed E-state index contributed by atoms with van der Waals surface area (Å²) in [5, 5.41) is 2.58. The number of nitrogens with one attached hydrogen (secondary N) is 1. The van der Waals surface area contributed by atoms with Crippen LogP contribution in [0.4, 0.5) is 10.6 Å². The first-order valence-electron chi connectivity index (χ1n) is 9.90. The maximum atomic E-state index is 12.4. The molecule has 29 heavy (non-hydrogen) atoms. The van der Waals surface area contributed by atoms with Gasteiger partial charge in [0.05, 0.1) is 5.69 Å². The topological polar surface area (TPSA) is 85.0 Å². The van der Waals surface area contributed by atoms with Crippen molar-refractivity contribution in [2.75, 3.05) is 25.0 Å². The third kappa shape index (κ3) is 4.78. The van der Waals surface area contributed by atoms with Crippen molar-refractivity contribution < 1.29 is 4.79 Å². The number of amides is 1. The van der Waals surface area contributed by atoms with E-state index >= 15 is 0 Å². The molecule has 0 bridgehead atoms. The van der Waals surface area contributed by atoms with Crippen molar-refractivity contribution in [3.05, 3.63) is 71.3 Å². The zero-order valence-electron chi connectivity index (χ0n) is 16.2. The maximum absolute atomic E-state index is 12.4. The summed E-state index contributed by atoms with van der Waals surface area (Å²) in [5.74, 6) is 0.197. The van der Waals surface area contributed by atoms with Crippen molar-refractivity contribution in [3.63, 3.8) is 0 Å². The molecule has 1 amide bonds. The van der Waals surface area contributed by atoms with E-state index in [1.54, 1.807) is 12.3 Å². The van der Waals surface area contributed by atoms with Crippen LogP contribution in [0.3, 0.4) is 0 Å². The molecular weight excluding hydrogens is 368 g/mol. The predicted molar refractivity (Wildman–Crippen MR) is 110 cm³/mol. The Kier molecular flexibility index (Phi) is 5.81. The zero-order valence-corrected chi connectivity index (χ0v) is 16.2. The van der Waals surface area contributed by atoms with Gasteiger partial charge in [-0.15, -0.1) is 0 Å². The number of rotatable bonds is 5. The van der Waals surface area contributed by atoms with Gasteiger partial charge in [0.2, 0.25) is 0 Å². The van der Waals surface area contributed by atoms with Crippen LogP contribution in [0.1, 0.15) is 24.8 Å². The van der Waals surface area contributed by atoms with E-state index in [0.29, 0.717) is 0 Å². The Morgan fingerprint density at radius 1 is 1.03 bits per heavy atom. The SMILES string of the molecule is O=C(Nc1ccn(-c2ccc(CCN3CCCCC3)cc2)c(=O)n1)n1ccnc1. The third-order valence-corrected chi connectivity index (χ3v) is 5.16. The Morgan fingerprint density at radius 2 is 1.83 bits per heavy atom. The summed E-state index contributed by atoms with van der Waals surface area (Å²) < 4.78 is 2.73. The average Bonchev–Trinajstić information content (AvgIpc) is 3.29. The number of anilines is 1.